The molecule has 3 nitrogen and oxygen atoms in total. The molecule has 1 amide bonds. The first-order chi connectivity index (χ1) is 9.78. The predicted molar refractivity (Wildman–Crippen MR) is 84.2 cm³/mol. The van der Waals surface area contributed by atoms with Gasteiger partial charge in [0.05, 0.1) is 0 Å². The molecule has 0 atom stereocenters. The highest BCUT2D eigenvalue weighted by Gasteiger charge is 2.32. The van der Waals surface area contributed by atoms with Gasteiger partial charge in [-0.3, -0.25) is 9.69 Å². The molecule has 108 valence electrons. The second kappa shape index (κ2) is 6.19. The summed E-state index contributed by atoms with van der Waals surface area (Å²) in [5, 5.41) is 0. The van der Waals surface area contributed by atoms with Gasteiger partial charge >= 0.3 is 0 Å². The topological polar surface area (TPSA) is 23.6 Å². The van der Waals surface area contributed by atoms with Crippen LogP contribution in [0.15, 0.2) is 24.3 Å². The van der Waals surface area contributed by atoms with Crippen LogP contribution in [0.4, 0.5) is 0 Å². The number of carbonyl (C=O) groups is 1. The fraction of sp³-hybridized carbons (Fsp3) is 0.562. The Morgan fingerprint density at radius 1 is 1.15 bits per heavy atom. The van der Waals surface area contributed by atoms with Crippen LogP contribution in [-0.2, 0) is 5.75 Å². The smallest absolute Gasteiger partial charge is 0.253 e. The molecule has 1 saturated heterocycles. The zero-order chi connectivity index (χ0) is 13.9. The molecule has 0 bridgehead atoms. The van der Waals surface area contributed by atoms with E-state index in [0.717, 1.165) is 43.5 Å². The van der Waals surface area contributed by atoms with E-state index in [1.54, 1.807) is 11.8 Å². The Labute approximate surface area is 125 Å². The molecule has 1 aromatic carbocycles. The number of piperazine rings is 1. The summed E-state index contributed by atoms with van der Waals surface area (Å²) < 4.78 is 0. The molecule has 1 heterocycles. The maximum absolute atomic E-state index is 12.5. The highest BCUT2D eigenvalue weighted by molar-refractivity contribution is 7.97. The van der Waals surface area contributed by atoms with Crippen LogP contribution in [-0.4, -0.2) is 54.2 Å². The van der Waals surface area contributed by atoms with E-state index in [-0.39, 0.29) is 5.91 Å². The lowest BCUT2D eigenvalue weighted by Crippen LogP contribution is -2.49. The summed E-state index contributed by atoms with van der Waals surface area (Å²) >= 11 is 1.80. The average Bonchev–Trinajstić information content (AvgIpc) is 3.33. The maximum Gasteiger partial charge on any atom is 0.253 e. The lowest BCUT2D eigenvalue weighted by Gasteiger charge is -2.34. The van der Waals surface area contributed by atoms with Crippen LogP contribution in [0, 0.1) is 0 Å². The zero-order valence-corrected chi connectivity index (χ0v) is 12.9. The third-order valence-corrected chi connectivity index (χ3v) is 4.80. The quantitative estimate of drug-likeness (QED) is 0.851. The minimum atomic E-state index is 0.191. The molecule has 4 heteroatoms. The van der Waals surface area contributed by atoms with E-state index in [2.05, 4.69) is 23.3 Å². The van der Waals surface area contributed by atoms with Crippen LogP contribution in [0.2, 0.25) is 0 Å². The molecule has 1 aromatic rings. The number of nitrogens with zero attached hydrogens (tertiary/aromatic N) is 2. The lowest BCUT2D eigenvalue weighted by molar-refractivity contribution is 0.0627. The lowest BCUT2D eigenvalue weighted by atomic mass is 10.1. The van der Waals surface area contributed by atoms with E-state index < -0.39 is 0 Å². The molecule has 3 rings (SSSR count). The molecule has 20 heavy (non-hydrogen) atoms. The van der Waals surface area contributed by atoms with Gasteiger partial charge < -0.3 is 4.90 Å². The van der Waals surface area contributed by atoms with Crippen molar-refractivity contribution in [3.05, 3.63) is 35.4 Å². The van der Waals surface area contributed by atoms with Crippen molar-refractivity contribution in [1.29, 1.82) is 0 Å². The number of carbonyl (C=O) groups excluding carboxylic acids is 1. The van der Waals surface area contributed by atoms with Gasteiger partial charge in [-0.1, -0.05) is 12.1 Å². The molecule has 1 saturated carbocycles. The van der Waals surface area contributed by atoms with Crippen LogP contribution in [0.25, 0.3) is 0 Å². The van der Waals surface area contributed by atoms with Crippen molar-refractivity contribution >= 4 is 17.7 Å². The van der Waals surface area contributed by atoms with E-state index in [0.29, 0.717) is 0 Å². The van der Waals surface area contributed by atoms with Crippen LogP contribution in [0.5, 0.6) is 0 Å². The summed E-state index contributed by atoms with van der Waals surface area (Å²) in [6.45, 7) is 3.84. The average molecular weight is 290 g/mol. The van der Waals surface area contributed by atoms with Gasteiger partial charge in [0.25, 0.3) is 5.91 Å². The third kappa shape index (κ3) is 3.18. The molecular formula is C16H22N2OS. The Bertz CT molecular complexity index is 462. The maximum atomic E-state index is 12.5. The van der Waals surface area contributed by atoms with E-state index in [1.165, 1.54) is 18.4 Å². The van der Waals surface area contributed by atoms with E-state index in [4.69, 9.17) is 0 Å². The van der Waals surface area contributed by atoms with Crippen molar-refractivity contribution in [2.24, 2.45) is 0 Å². The highest BCUT2D eigenvalue weighted by Crippen LogP contribution is 2.27. The van der Waals surface area contributed by atoms with E-state index in [1.807, 2.05) is 17.0 Å². The first-order valence-electron chi connectivity index (χ1n) is 7.39. The number of hydrogen-bond donors (Lipinski definition) is 0. The van der Waals surface area contributed by atoms with Crippen molar-refractivity contribution < 1.29 is 4.79 Å². The van der Waals surface area contributed by atoms with Gasteiger partial charge in [-0.25, -0.2) is 0 Å². The standard InChI is InChI=1S/C16H22N2OS/c1-20-12-13-2-4-14(5-3-13)16(19)18-10-8-17(9-11-18)15-6-7-15/h2-5,15H,6-12H2,1H3. The van der Waals surface area contributed by atoms with Crippen molar-refractivity contribution in [3.63, 3.8) is 0 Å². The SMILES string of the molecule is CSCc1ccc(C(=O)N2CCN(C3CC3)CC2)cc1. The number of thioether (sulfide) groups is 1. The Hall–Kier alpha value is -1.00. The second-order valence-corrected chi connectivity index (χ2v) is 6.56. The van der Waals surface area contributed by atoms with E-state index >= 15 is 0 Å². The fourth-order valence-corrected chi connectivity index (χ4v) is 3.35. The molecule has 2 aliphatic rings. The van der Waals surface area contributed by atoms with Gasteiger partial charge in [-0.2, -0.15) is 11.8 Å². The number of amides is 1. The van der Waals surface area contributed by atoms with Gasteiger partial charge in [0, 0.05) is 43.5 Å². The Kier molecular flexibility index (Phi) is 4.32. The predicted octanol–water partition coefficient (Wildman–Crippen LogP) is 2.47. The van der Waals surface area contributed by atoms with Gasteiger partial charge in [0.1, 0.15) is 0 Å². The Morgan fingerprint density at radius 2 is 1.80 bits per heavy atom. The molecule has 0 unspecified atom stereocenters. The fourth-order valence-electron chi connectivity index (χ4n) is 2.82. The van der Waals surface area contributed by atoms with Crippen molar-refractivity contribution in [2.75, 3.05) is 32.4 Å². The summed E-state index contributed by atoms with van der Waals surface area (Å²) in [7, 11) is 0. The molecule has 2 fully saturated rings. The monoisotopic (exact) mass is 290 g/mol. The Balaban J connectivity index is 1.58. The van der Waals surface area contributed by atoms with Gasteiger partial charge in [0.15, 0.2) is 0 Å². The largest absolute Gasteiger partial charge is 0.336 e. The first kappa shape index (κ1) is 14.0. The van der Waals surface area contributed by atoms with E-state index in [9.17, 15) is 4.79 Å². The second-order valence-electron chi connectivity index (χ2n) is 5.69. The van der Waals surface area contributed by atoms with Crippen LogP contribution >= 0.6 is 11.8 Å². The van der Waals surface area contributed by atoms with Crippen LogP contribution in [0.1, 0.15) is 28.8 Å². The minimum Gasteiger partial charge on any atom is -0.336 e. The molecule has 0 spiro atoms. The van der Waals surface area contributed by atoms with Crippen LogP contribution in [0.3, 0.4) is 0 Å². The molecule has 0 radical (unpaired) electrons. The normalized spacial score (nSPS) is 20.1. The van der Waals surface area contributed by atoms with Crippen molar-refractivity contribution in [3.8, 4) is 0 Å². The van der Waals surface area contributed by atoms with Gasteiger partial charge in [-0.05, 0) is 36.8 Å². The first-order valence-corrected chi connectivity index (χ1v) is 8.78. The minimum absolute atomic E-state index is 0.191. The molecule has 0 N–H and O–H groups in total. The molecule has 0 aromatic heterocycles. The third-order valence-electron chi connectivity index (χ3n) is 4.18. The van der Waals surface area contributed by atoms with Crippen molar-refractivity contribution in [2.45, 2.75) is 24.6 Å². The van der Waals surface area contributed by atoms with Gasteiger partial charge in [0.2, 0.25) is 0 Å². The van der Waals surface area contributed by atoms with Crippen molar-refractivity contribution in [1.82, 2.24) is 9.80 Å². The summed E-state index contributed by atoms with van der Waals surface area (Å²) in [6, 6.07) is 8.91. The summed E-state index contributed by atoms with van der Waals surface area (Å²) in [4.78, 5) is 17.0. The van der Waals surface area contributed by atoms with Crippen LogP contribution < -0.4 is 0 Å². The summed E-state index contributed by atoms with van der Waals surface area (Å²) in [5.74, 6) is 1.20. The Morgan fingerprint density at radius 3 is 2.35 bits per heavy atom. The highest BCUT2D eigenvalue weighted by atomic mass is 32.2. The number of hydrogen-bond acceptors (Lipinski definition) is 3. The number of benzene rings is 1. The number of rotatable bonds is 4. The summed E-state index contributed by atoms with van der Waals surface area (Å²) in [6.07, 6.45) is 4.80. The molecular weight excluding hydrogens is 268 g/mol. The zero-order valence-electron chi connectivity index (χ0n) is 12.0. The molecule has 1 aliphatic heterocycles. The molecule has 1 aliphatic carbocycles. The van der Waals surface area contributed by atoms with Gasteiger partial charge in [-0.15, -0.1) is 0 Å². The summed E-state index contributed by atoms with van der Waals surface area (Å²) in [5.41, 5.74) is 2.11.